The molecule has 3 heterocycles. The van der Waals surface area contributed by atoms with Crippen LogP contribution in [-0.2, 0) is 11.4 Å². The molecule has 1 aromatic carbocycles. The second-order valence-corrected chi connectivity index (χ2v) is 7.08. The Hall–Kier alpha value is -2.89. The molecule has 1 fully saturated rings. The van der Waals surface area contributed by atoms with Gasteiger partial charge < -0.3 is 10.2 Å². The Labute approximate surface area is 151 Å². The summed E-state index contributed by atoms with van der Waals surface area (Å²) in [6.07, 6.45) is 8.04. The van der Waals surface area contributed by atoms with Crippen LogP contribution in [-0.4, -0.2) is 26.1 Å². The van der Waals surface area contributed by atoms with E-state index in [9.17, 15) is 0 Å². The van der Waals surface area contributed by atoms with E-state index in [0.29, 0.717) is 0 Å². The number of hydrogen-bond acceptors (Lipinski definition) is 5. The largest absolute Gasteiger partial charge is 0.389 e. The van der Waals surface area contributed by atoms with Crippen molar-refractivity contribution in [2.45, 2.75) is 44.8 Å². The van der Waals surface area contributed by atoms with Gasteiger partial charge >= 0.3 is 0 Å². The summed E-state index contributed by atoms with van der Waals surface area (Å²) in [6, 6.07) is 10.2. The smallest absolute Gasteiger partial charge is 0.159 e. The number of pyridine rings is 1. The average Bonchev–Trinajstić information content (AvgIpc) is 3.27. The maximum Gasteiger partial charge on any atom is 0.159 e. The molecule has 1 saturated carbocycles. The lowest BCUT2D eigenvalue weighted by Gasteiger charge is -2.34. The molecule has 5 rings (SSSR count). The van der Waals surface area contributed by atoms with Crippen molar-refractivity contribution in [2.75, 3.05) is 5.32 Å². The fourth-order valence-corrected chi connectivity index (χ4v) is 3.78. The summed E-state index contributed by atoms with van der Waals surface area (Å²) in [4.78, 5) is 10.5. The van der Waals surface area contributed by atoms with Gasteiger partial charge in [0, 0.05) is 30.4 Å². The van der Waals surface area contributed by atoms with Crippen LogP contribution < -0.4 is 5.32 Å². The minimum Gasteiger partial charge on any atom is -0.389 e. The summed E-state index contributed by atoms with van der Waals surface area (Å²) in [5.74, 6) is 0. The zero-order valence-corrected chi connectivity index (χ0v) is 14.8. The van der Waals surface area contributed by atoms with Gasteiger partial charge in [0.1, 0.15) is 5.60 Å². The number of nitrogens with zero attached hydrogens (tertiary/aromatic N) is 4. The van der Waals surface area contributed by atoms with Crippen molar-refractivity contribution in [3.05, 3.63) is 48.3 Å². The lowest BCUT2D eigenvalue weighted by molar-refractivity contribution is -0.0755. The lowest BCUT2D eigenvalue weighted by atomic mass is 9.76. The molecule has 132 valence electrons. The number of aromatic nitrogens is 3. The first-order chi connectivity index (χ1) is 12.8. The molecule has 2 aliphatic rings. The van der Waals surface area contributed by atoms with Gasteiger partial charge in [-0.3, -0.25) is 0 Å². The van der Waals surface area contributed by atoms with Gasteiger partial charge in [-0.25, -0.2) is 9.67 Å². The lowest BCUT2D eigenvalue weighted by Crippen LogP contribution is -2.36. The molecule has 1 aliphatic heterocycles. The highest BCUT2D eigenvalue weighted by Crippen LogP contribution is 2.44. The zero-order valence-electron chi connectivity index (χ0n) is 14.8. The van der Waals surface area contributed by atoms with E-state index in [1.807, 2.05) is 35.3 Å². The van der Waals surface area contributed by atoms with Crippen LogP contribution in [0.4, 0.5) is 11.4 Å². The van der Waals surface area contributed by atoms with E-state index in [4.69, 9.17) is 4.84 Å². The molecular formula is C20H21N5O. The third kappa shape index (κ3) is 2.36. The maximum atomic E-state index is 5.80. The fourth-order valence-electron chi connectivity index (χ4n) is 3.78. The van der Waals surface area contributed by atoms with Crippen LogP contribution in [0.1, 0.15) is 38.2 Å². The van der Waals surface area contributed by atoms with Crippen molar-refractivity contribution in [1.82, 2.24) is 14.8 Å². The fraction of sp³-hybridized carbons (Fsp3) is 0.350. The molecule has 1 spiro atoms. The molecule has 0 radical (unpaired) electrons. The predicted molar refractivity (Wildman–Crippen MR) is 102 cm³/mol. The number of para-hydroxylation sites is 1. The van der Waals surface area contributed by atoms with E-state index in [0.717, 1.165) is 59.5 Å². The normalized spacial score (nSPS) is 17.8. The molecule has 6 heteroatoms. The van der Waals surface area contributed by atoms with Gasteiger partial charge in [-0.1, -0.05) is 23.4 Å². The van der Waals surface area contributed by atoms with Crippen molar-refractivity contribution >= 4 is 28.1 Å². The van der Waals surface area contributed by atoms with Crippen molar-refractivity contribution in [3.63, 3.8) is 0 Å². The van der Waals surface area contributed by atoms with Crippen LogP contribution in [0.2, 0.25) is 0 Å². The number of rotatable bonds is 4. The number of nitrogens with one attached hydrogen (secondary N) is 1. The molecule has 1 aliphatic carbocycles. The Morgan fingerprint density at radius 2 is 2.04 bits per heavy atom. The molecule has 0 amide bonds. The molecule has 2 aromatic heterocycles. The summed E-state index contributed by atoms with van der Waals surface area (Å²) in [5, 5.41) is 13.5. The third-order valence-corrected chi connectivity index (χ3v) is 5.42. The summed E-state index contributed by atoms with van der Waals surface area (Å²) in [5.41, 5.74) is 4.82. The second kappa shape index (κ2) is 5.83. The minimum absolute atomic E-state index is 0.0676. The zero-order chi connectivity index (χ0) is 17.6. The van der Waals surface area contributed by atoms with Gasteiger partial charge in [0.25, 0.3) is 0 Å². The van der Waals surface area contributed by atoms with Crippen LogP contribution in [0.25, 0.3) is 11.0 Å². The molecule has 6 nitrogen and oxygen atoms in total. The molecule has 0 saturated heterocycles. The molecule has 3 aromatic rings. The van der Waals surface area contributed by atoms with Gasteiger partial charge in [0.15, 0.2) is 5.65 Å². The number of oxime groups is 1. The molecule has 0 bridgehead atoms. The highest BCUT2D eigenvalue weighted by Gasteiger charge is 2.45. The van der Waals surface area contributed by atoms with Gasteiger partial charge in [-0.15, -0.1) is 0 Å². The summed E-state index contributed by atoms with van der Waals surface area (Å²) >= 11 is 0. The Kier molecular flexibility index (Phi) is 3.45. The summed E-state index contributed by atoms with van der Waals surface area (Å²) in [6.45, 7) is 2.86. The van der Waals surface area contributed by atoms with Crippen LogP contribution in [0.15, 0.2) is 47.9 Å². The van der Waals surface area contributed by atoms with Crippen LogP contribution >= 0.6 is 0 Å². The topological polar surface area (TPSA) is 64.3 Å². The van der Waals surface area contributed by atoms with Gasteiger partial charge in [-0.2, -0.15) is 5.10 Å². The summed E-state index contributed by atoms with van der Waals surface area (Å²) < 4.78 is 1.91. The monoisotopic (exact) mass is 347 g/mol. The molecule has 26 heavy (non-hydrogen) atoms. The first-order valence-corrected chi connectivity index (χ1v) is 9.20. The van der Waals surface area contributed by atoms with E-state index in [1.165, 1.54) is 6.42 Å². The van der Waals surface area contributed by atoms with Gasteiger partial charge in [0.2, 0.25) is 0 Å². The summed E-state index contributed by atoms with van der Waals surface area (Å²) in [7, 11) is 0. The number of benzene rings is 1. The minimum atomic E-state index is -0.0676. The number of aryl methyl sites for hydroxylation is 1. The average molecular weight is 347 g/mol. The van der Waals surface area contributed by atoms with Crippen LogP contribution in [0, 0.1) is 0 Å². The molecule has 1 N–H and O–H groups in total. The van der Waals surface area contributed by atoms with Crippen molar-refractivity contribution < 1.29 is 4.84 Å². The Morgan fingerprint density at radius 3 is 2.73 bits per heavy atom. The number of fused-ring (bicyclic) bond motifs is 1. The maximum absolute atomic E-state index is 5.80. The number of anilines is 2. The second-order valence-electron chi connectivity index (χ2n) is 7.08. The SMILES string of the molecule is CCn1ncc2c(Nc3ccccc3)c(C3=NOC4(CCC4)C3)cnc21. The number of hydrogen-bond donors (Lipinski definition) is 1. The standard InChI is InChI=1S/C20H21N5O/c1-2-25-19-16(13-22-25)18(23-14-7-4-3-5-8-14)15(12-21-19)17-11-20(26-24-17)9-6-10-20/h3-5,7-8,12-13H,2,6,9-11H2,1H3,(H,21,23). The quantitative estimate of drug-likeness (QED) is 0.766. The van der Waals surface area contributed by atoms with E-state index in [-0.39, 0.29) is 5.60 Å². The predicted octanol–water partition coefficient (Wildman–Crippen LogP) is 4.24. The Balaban J connectivity index is 1.61. The van der Waals surface area contributed by atoms with Crippen molar-refractivity contribution in [3.8, 4) is 0 Å². The van der Waals surface area contributed by atoms with Gasteiger partial charge in [0.05, 0.1) is 23.0 Å². The first kappa shape index (κ1) is 15.4. The van der Waals surface area contributed by atoms with E-state index in [2.05, 4.69) is 39.6 Å². The highest BCUT2D eigenvalue weighted by molar-refractivity contribution is 6.11. The third-order valence-electron chi connectivity index (χ3n) is 5.42. The molecule has 0 atom stereocenters. The molecule has 0 unspecified atom stereocenters. The Morgan fingerprint density at radius 1 is 1.19 bits per heavy atom. The van der Waals surface area contributed by atoms with E-state index >= 15 is 0 Å². The Bertz CT molecular complexity index is 988. The van der Waals surface area contributed by atoms with E-state index in [1.54, 1.807) is 0 Å². The van der Waals surface area contributed by atoms with Crippen molar-refractivity contribution in [2.24, 2.45) is 5.16 Å². The first-order valence-electron chi connectivity index (χ1n) is 9.20. The van der Waals surface area contributed by atoms with Crippen LogP contribution in [0.5, 0.6) is 0 Å². The van der Waals surface area contributed by atoms with Gasteiger partial charge in [-0.05, 0) is 38.3 Å². The molecular weight excluding hydrogens is 326 g/mol. The van der Waals surface area contributed by atoms with E-state index < -0.39 is 0 Å². The van der Waals surface area contributed by atoms with Crippen LogP contribution in [0.3, 0.4) is 0 Å². The highest BCUT2D eigenvalue weighted by atomic mass is 16.7. The van der Waals surface area contributed by atoms with Crippen molar-refractivity contribution in [1.29, 1.82) is 0 Å².